The largest absolute Gasteiger partial charge is 0.515 e. The molecule has 0 saturated carbocycles. The Hall–Kier alpha value is -3.00. The molecule has 2 heteroatoms. The summed E-state index contributed by atoms with van der Waals surface area (Å²) in [5, 5.41) is 22.3. The zero-order chi connectivity index (χ0) is 18.2. The molecule has 0 aromatic heterocycles. The summed E-state index contributed by atoms with van der Waals surface area (Å²) in [6.07, 6.45) is 5.02. The highest BCUT2D eigenvalue weighted by molar-refractivity contribution is 6.00. The average Bonchev–Trinajstić information content (AvgIpc) is 2.67. The SMILES string of the molecule is C/C=C\c1ccccc1C(=CO)c1c(O)ccc2ccccc12.CC. The van der Waals surface area contributed by atoms with Crippen LogP contribution in [-0.2, 0) is 0 Å². The molecule has 0 unspecified atom stereocenters. The van der Waals surface area contributed by atoms with Crippen molar-refractivity contribution in [3.8, 4) is 5.75 Å². The predicted octanol–water partition coefficient (Wildman–Crippen LogP) is 6.55. The van der Waals surface area contributed by atoms with Gasteiger partial charge in [0.05, 0.1) is 6.26 Å². The van der Waals surface area contributed by atoms with Gasteiger partial charge in [-0.15, -0.1) is 0 Å². The van der Waals surface area contributed by atoms with E-state index in [0.717, 1.165) is 28.2 Å². The molecular weight excluding hydrogens is 308 g/mol. The molecule has 0 bridgehead atoms. The predicted molar refractivity (Wildman–Crippen MR) is 108 cm³/mol. The quantitative estimate of drug-likeness (QED) is 0.534. The summed E-state index contributed by atoms with van der Waals surface area (Å²) in [6, 6.07) is 19.2. The first-order valence-electron chi connectivity index (χ1n) is 8.54. The van der Waals surface area contributed by atoms with Gasteiger partial charge in [0.25, 0.3) is 0 Å². The van der Waals surface area contributed by atoms with Crippen LogP contribution < -0.4 is 0 Å². The van der Waals surface area contributed by atoms with Crippen molar-refractivity contribution in [1.82, 2.24) is 0 Å². The number of benzene rings is 3. The minimum atomic E-state index is 0.152. The normalized spacial score (nSPS) is 11.4. The molecule has 0 heterocycles. The summed E-state index contributed by atoms with van der Waals surface area (Å²) in [5.41, 5.74) is 3.11. The van der Waals surface area contributed by atoms with Crippen LogP contribution in [-0.4, -0.2) is 10.2 Å². The van der Waals surface area contributed by atoms with E-state index in [1.165, 1.54) is 0 Å². The molecule has 0 saturated heterocycles. The molecule has 2 nitrogen and oxygen atoms in total. The fourth-order valence-corrected chi connectivity index (χ4v) is 2.88. The van der Waals surface area contributed by atoms with Crippen LogP contribution in [0.1, 0.15) is 37.5 Å². The Kier molecular flexibility index (Phi) is 6.41. The molecule has 25 heavy (non-hydrogen) atoms. The van der Waals surface area contributed by atoms with Gasteiger partial charge in [-0.3, -0.25) is 0 Å². The van der Waals surface area contributed by atoms with Gasteiger partial charge in [-0.1, -0.05) is 80.6 Å². The molecule has 0 atom stereocenters. The second-order valence-electron chi connectivity index (χ2n) is 5.31. The van der Waals surface area contributed by atoms with Crippen molar-refractivity contribution in [3.05, 3.63) is 89.7 Å². The summed E-state index contributed by atoms with van der Waals surface area (Å²) in [6.45, 7) is 5.95. The monoisotopic (exact) mass is 332 g/mol. The Morgan fingerprint density at radius 3 is 2.28 bits per heavy atom. The van der Waals surface area contributed by atoms with Crippen molar-refractivity contribution < 1.29 is 10.2 Å². The molecule has 0 aliphatic heterocycles. The van der Waals surface area contributed by atoms with Crippen molar-refractivity contribution in [2.24, 2.45) is 0 Å². The van der Waals surface area contributed by atoms with Gasteiger partial charge in [0.15, 0.2) is 0 Å². The van der Waals surface area contributed by atoms with Crippen LogP contribution in [0.4, 0.5) is 0 Å². The maximum absolute atomic E-state index is 10.4. The number of phenols is 1. The van der Waals surface area contributed by atoms with Crippen LogP contribution >= 0.6 is 0 Å². The van der Waals surface area contributed by atoms with Crippen molar-refractivity contribution in [2.45, 2.75) is 20.8 Å². The van der Waals surface area contributed by atoms with E-state index in [0.29, 0.717) is 11.1 Å². The first kappa shape index (κ1) is 18.3. The lowest BCUT2D eigenvalue weighted by Gasteiger charge is -2.14. The second kappa shape index (κ2) is 8.74. The van der Waals surface area contributed by atoms with E-state index >= 15 is 0 Å². The van der Waals surface area contributed by atoms with E-state index in [4.69, 9.17) is 0 Å². The van der Waals surface area contributed by atoms with Gasteiger partial charge in [0, 0.05) is 11.1 Å². The molecule has 0 fully saturated rings. The van der Waals surface area contributed by atoms with Gasteiger partial charge in [-0.05, 0) is 34.9 Å². The summed E-state index contributed by atoms with van der Waals surface area (Å²) >= 11 is 0. The van der Waals surface area contributed by atoms with Crippen LogP contribution in [0.15, 0.2) is 73.0 Å². The Morgan fingerprint density at radius 1 is 0.880 bits per heavy atom. The lowest BCUT2D eigenvalue weighted by Crippen LogP contribution is -1.94. The van der Waals surface area contributed by atoms with Crippen molar-refractivity contribution in [2.75, 3.05) is 0 Å². The van der Waals surface area contributed by atoms with Crippen molar-refractivity contribution >= 4 is 22.4 Å². The number of fused-ring (bicyclic) bond motifs is 1. The highest BCUT2D eigenvalue weighted by Crippen LogP contribution is 2.37. The van der Waals surface area contributed by atoms with E-state index in [9.17, 15) is 10.2 Å². The molecular formula is C23H24O2. The number of allylic oxidation sites excluding steroid dienone is 1. The van der Waals surface area contributed by atoms with Gasteiger partial charge in [-0.25, -0.2) is 0 Å². The number of hydrogen-bond donors (Lipinski definition) is 2. The molecule has 3 aromatic carbocycles. The lowest BCUT2D eigenvalue weighted by molar-refractivity contribution is 0.468. The third kappa shape index (κ3) is 3.74. The van der Waals surface area contributed by atoms with E-state index in [1.54, 1.807) is 6.07 Å². The van der Waals surface area contributed by atoms with Crippen LogP contribution in [0.3, 0.4) is 0 Å². The summed E-state index contributed by atoms with van der Waals surface area (Å²) in [7, 11) is 0. The van der Waals surface area contributed by atoms with Crippen LogP contribution in [0.5, 0.6) is 5.75 Å². The van der Waals surface area contributed by atoms with E-state index in [2.05, 4.69) is 0 Å². The third-order valence-electron chi connectivity index (χ3n) is 3.90. The molecule has 0 aliphatic carbocycles. The Morgan fingerprint density at radius 2 is 1.56 bits per heavy atom. The van der Waals surface area contributed by atoms with E-state index < -0.39 is 0 Å². The number of hydrogen-bond acceptors (Lipinski definition) is 2. The molecule has 2 N–H and O–H groups in total. The zero-order valence-electron chi connectivity index (χ0n) is 14.9. The fourth-order valence-electron chi connectivity index (χ4n) is 2.88. The zero-order valence-corrected chi connectivity index (χ0v) is 14.9. The number of phenolic OH excluding ortho intramolecular Hbond substituents is 1. The summed E-state index contributed by atoms with van der Waals surface area (Å²) < 4.78 is 0. The van der Waals surface area contributed by atoms with Crippen molar-refractivity contribution in [3.63, 3.8) is 0 Å². The number of rotatable bonds is 3. The lowest BCUT2D eigenvalue weighted by atomic mass is 9.90. The first-order chi connectivity index (χ1) is 12.3. The number of aromatic hydroxyl groups is 1. The minimum Gasteiger partial charge on any atom is -0.515 e. The van der Waals surface area contributed by atoms with E-state index in [-0.39, 0.29) is 5.75 Å². The molecule has 0 aliphatic rings. The Labute approximate surface area is 149 Å². The maximum Gasteiger partial charge on any atom is 0.124 e. The van der Waals surface area contributed by atoms with Gasteiger partial charge in [0.2, 0.25) is 0 Å². The highest BCUT2D eigenvalue weighted by Gasteiger charge is 2.15. The topological polar surface area (TPSA) is 40.5 Å². The van der Waals surface area contributed by atoms with E-state index in [1.807, 2.05) is 87.5 Å². The van der Waals surface area contributed by atoms with Gasteiger partial charge >= 0.3 is 0 Å². The Bertz CT molecular complexity index is 905. The molecule has 0 amide bonds. The molecule has 3 rings (SSSR count). The summed E-state index contributed by atoms with van der Waals surface area (Å²) in [4.78, 5) is 0. The molecule has 0 spiro atoms. The first-order valence-corrected chi connectivity index (χ1v) is 8.54. The smallest absolute Gasteiger partial charge is 0.124 e. The molecule has 3 aromatic rings. The Balaban J connectivity index is 0.00000109. The summed E-state index contributed by atoms with van der Waals surface area (Å²) in [5.74, 6) is 0.152. The second-order valence-corrected chi connectivity index (χ2v) is 5.31. The highest BCUT2D eigenvalue weighted by atomic mass is 16.3. The van der Waals surface area contributed by atoms with Crippen molar-refractivity contribution in [1.29, 1.82) is 0 Å². The average molecular weight is 332 g/mol. The van der Waals surface area contributed by atoms with Gasteiger partial charge < -0.3 is 10.2 Å². The standard InChI is InChI=1S/C21H18O2.C2H6/c1-2-7-15-8-3-5-10-17(15)19(14-22)21-18-11-6-4-9-16(18)12-13-20(21)23;1-2/h2-14,22-23H,1H3;1-2H3/b7-2-,19-14?;. The van der Waals surface area contributed by atoms with Gasteiger partial charge in [-0.2, -0.15) is 0 Å². The molecule has 128 valence electrons. The fraction of sp³-hybridized carbons (Fsp3) is 0.130. The van der Waals surface area contributed by atoms with Crippen LogP contribution in [0, 0.1) is 0 Å². The minimum absolute atomic E-state index is 0.152. The van der Waals surface area contributed by atoms with Crippen LogP contribution in [0.2, 0.25) is 0 Å². The maximum atomic E-state index is 10.4. The number of aliphatic hydroxyl groups is 1. The number of aliphatic hydroxyl groups excluding tert-OH is 1. The van der Waals surface area contributed by atoms with Crippen LogP contribution in [0.25, 0.3) is 22.4 Å². The third-order valence-corrected chi connectivity index (χ3v) is 3.90. The molecule has 0 radical (unpaired) electrons. The van der Waals surface area contributed by atoms with Gasteiger partial charge in [0.1, 0.15) is 5.75 Å².